The molecule has 0 saturated carbocycles. The molecule has 1 heterocycles. The van der Waals surface area contributed by atoms with E-state index >= 15 is 0 Å². The molecule has 96 valence electrons. The van der Waals surface area contributed by atoms with Gasteiger partial charge < -0.3 is 14.5 Å². The fourth-order valence-electron chi connectivity index (χ4n) is 1.42. The highest BCUT2D eigenvalue weighted by molar-refractivity contribution is 7.99. The summed E-state index contributed by atoms with van der Waals surface area (Å²) in [6.45, 7) is 5.92. The van der Waals surface area contributed by atoms with Gasteiger partial charge in [0.1, 0.15) is 11.8 Å². The molecule has 1 rings (SSSR count). The van der Waals surface area contributed by atoms with E-state index in [2.05, 4.69) is 5.32 Å². The van der Waals surface area contributed by atoms with Crippen molar-refractivity contribution < 1.29 is 13.9 Å². The maximum Gasteiger partial charge on any atom is 0.323 e. The van der Waals surface area contributed by atoms with Crippen LogP contribution in [0.15, 0.2) is 21.6 Å². The van der Waals surface area contributed by atoms with Crippen molar-refractivity contribution in [1.29, 1.82) is 0 Å². The smallest absolute Gasteiger partial charge is 0.323 e. The molecule has 0 aliphatic rings. The van der Waals surface area contributed by atoms with Gasteiger partial charge in [-0.15, -0.1) is 11.8 Å². The molecule has 0 saturated heterocycles. The minimum atomic E-state index is -0.292. The molecule has 0 aliphatic carbocycles. The third kappa shape index (κ3) is 4.44. The lowest BCUT2D eigenvalue weighted by Gasteiger charge is -2.18. The molecule has 1 unspecified atom stereocenters. The molecule has 5 heteroatoms. The molecule has 4 nitrogen and oxygen atoms in total. The summed E-state index contributed by atoms with van der Waals surface area (Å²) < 4.78 is 9.98. The van der Waals surface area contributed by atoms with E-state index in [1.54, 1.807) is 18.0 Å². The van der Waals surface area contributed by atoms with Crippen LogP contribution in [0, 0.1) is 6.92 Å². The highest BCUT2D eigenvalue weighted by Gasteiger charge is 2.20. The van der Waals surface area contributed by atoms with Crippen molar-refractivity contribution in [3.05, 3.63) is 18.1 Å². The second-order valence-electron chi connectivity index (χ2n) is 4.05. The Balaban J connectivity index is 2.55. The lowest BCUT2D eigenvalue weighted by molar-refractivity contribution is -0.142. The standard InChI is InChI=1S/C12H19NO3S/c1-8(2)13-10(12(14)15-4)7-17-11-5-6-16-9(11)3/h5-6,8,10,13H,7H2,1-4H3. The van der Waals surface area contributed by atoms with Crippen molar-refractivity contribution in [2.24, 2.45) is 0 Å². The molecule has 1 aromatic heterocycles. The number of thioether (sulfide) groups is 1. The van der Waals surface area contributed by atoms with Gasteiger partial charge in [0.25, 0.3) is 0 Å². The van der Waals surface area contributed by atoms with Gasteiger partial charge in [0.05, 0.1) is 13.4 Å². The largest absolute Gasteiger partial charge is 0.468 e. The predicted molar refractivity (Wildman–Crippen MR) is 68.2 cm³/mol. The number of carbonyl (C=O) groups is 1. The van der Waals surface area contributed by atoms with Gasteiger partial charge in [-0.2, -0.15) is 0 Å². The fraction of sp³-hybridized carbons (Fsp3) is 0.583. The van der Waals surface area contributed by atoms with Crippen molar-refractivity contribution in [2.75, 3.05) is 12.9 Å². The third-order valence-electron chi connectivity index (χ3n) is 2.24. The molecule has 17 heavy (non-hydrogen) atoms. The summed E-state index contributed by atoms with van der Waals surface area (Å²) in [5.41, 5.74) is 0. The SMILES string of the molecule is COC(=O)C(CSc1ccoc1C)NC(C)C. The molecule has 0 amide bonds. The van der Waals surface area contributed by atoms with Gasteiger partial charge in [-0.05, 0) is 13.0 Å². The lowest BCUT2D eigenvalue weighted by Crippen LogP contribution is -2.43. The number of nitrogens with one attached hydrogen (secondary N) is 1. The summed E-state index contributed by atoms with van der Waals surface area (Å²) in [4.78, 5) is 12.6. The van der Waals surface area contributed by atoms with Crippen molar-refractivity contribution in [1.82, 2.24) is 5.32 Å². The maximum absolute atomic E-state index is 11.6. The number of aryl methyl sites for hydroxylation is 1. The van der Waals surface area contributed by atoms with E-state index in [1.807, 2.05) is 26.8 Å². The first kappa shape index (κ1) is 14.1. The van der Waals surface area contributed by atoms with Gasteiger partial charge in [0, 0.05) is 16.7 Å². The summed E-state index contributed by atoms with van der Waals surface area (Å²) in [6, 6.07) is 1.86. The van der Waals surface area contributed by atoms with Gasteiger partial charge in [-0.1, -0.05) is 13.8 Å². The van der Waals surface area contributed by atoms with Crippen LogP contribution in [-0.2, 0) is 9.53 Å². The monoisotopic (exact) mass is 257 g/mol. The van der Waals surface area contributed by atoms with Crippen LogP contribution in [0.25, 0.3) is 0 Å². The highest BCUT2D eigenvalue weighted by atomic mass is 32.2. The maximum atomic E-state index is 11.6. The van der Waals surface area contributed by atoms with Crippen molar-refractivity contribution in [2.45, 2.75) is 37.8 Å². The Morgan fingerprint density at radius 1 is 1.59 bits per heavy atom. The van der Waals surface area contributed by atoms with E-state index < -0.39 is 0 Å². The Bertz CT molecular complexity index is 362. The molecule has 0 radical (unpaired) electrons. The molecule has 0 bridgehead atoms. The van der Waals surface area contributed by atoms with Crippen LogP contribution in [0.3, 0.4) is 0 Å². The van der Waals surface area contributed by atoms with E-state index in [0.717, 1.165) is 10.7 Å². The predicted octanol–water partition coefficient (Wildman–Crippen LogP) is 2.22. The Labute approximate surface area is 106 Å². The first-order valence-electron chi connectivity index (χ1n) is 5.55. The van der Waals surface area contributed by atoms with Gasteiger partial charge in [0.2, 0.25) is 0 Å². The van der Waals surface area contributed by atoms with Crippen LogP contribution in [0.1, 0.15) is 19.6 Å². The zero-order chi connectivity index (χ0) is 12.8. The lowest BCUT2D eigenvalue weighted by atomic mass is 10.3. The molecule has 1 atom stereocenters. The molecule has 0 fully saturated rings. The number of carbonyl (C=O) groups excluding carboxylic acids is 1. The van der Waals surface area contributed by atoms with Gasteiger partial charge >= 0.3 is 5.97 Å². The molecular weight excluding hydrogens is 238 g/mol. The summed E-state index contributed by atoms with van der Waals surface area (Å²) in [6.07, 6.45) is 1.65. The Kier molecular flexibility index (Phi) is 5.58. The molecule has 0 spiro atoms. The number of ether oxygens (including phenoxy) is 1. The third-order valence-corrected chi connectivity index (χ3v) is 3.47. The van der Waals surface area contributed by atoms with Crippen LogP contribution in [0.5, 0.6) is 0 Å². The van der Waals surface area contributed by atoms with Gasteiger partial charge in [0.15, 0.2) is 0 Å². The second-order valence-corrected chi connectivity index (χ2v) is 5.11. The molecule has 0 aromatic carbocycles. The average molecular weight is 257 g/mol. The summed E-state index contributed by atoms with van der Waals surface area (Å²) >= 11 is 1.59. The zero-order valence-corrected chi connectivity index (χ0v) is 11.5. The highest BCUT2D eigenvalue weighted by Crippen LogP contribution is 2.23. The summed E-state index contributed by atoms with van der Waals surface area (Å²) in [5, 5.41) is 3.19. The Morgan fingerprint density at radius 3 is 2.76 bits per heavy atom. The number of hydrogen-bond donors (Lipinski definition) is 1. The first-order valence-corrected chi connectivity index (χ1v) is 6.54. The van der Waals surface area contributed by atoms with Gasteiger partial charge in [-0.25, -0.2) is 0 Å². The molecular formula is C12H19NO3S. The van der Waals surface area contributed by atoms with Crippen LogP contribution >= 0.6 is 11.8 Å². The number of furan rings is 1. The van der Waals surface area contributed by atoms with E-state index in [1.165, 1.54) is 7.11 Å². The van der Waals surface area contributed by atoms with Crippen LogP contribution < -0.4 is 5.32 Å². The number of rotatable bonds is 6. The minimum absolute atomic E-state index is 0.229. The van der Waals surface area contributed by atoms with E-state index in [4.69, 9.17) is 9.15 Å². The molecule has 1 N–H and O–H groups in total. The van der Waals surface area contributed by atoms with Crippen LogP contribution in [-0.4, -0.2) is 30.9 Å². The minimum Gasteiger partial charge on any atom is -0.468 e. The zero-order valence-electron chi connectivity index (χ0n) is 10.6. The quantitative estimate of drug-likeness (QED) is 0.625. The van der Waals surface area contributed by atoms with Crippen LogP contribution in [0.2, 0.25) is 0 Å². The second kappa shape index (κ2) is 6.71. The normalized spacial score (nSPS) is 12.8. The Morgan fingerprint density at radius 2 is 2.29 bits per heavy atom. The first-order chi connectivity index (χ1) is 8.04. The summed E-state index contributed by atoms with van der Waals surface area (Å²) in [5.74, 6) is 1.28. The molecule has 0 aliphatic heterocycles. The van der Waals surface area contributed by atoms with Gasteiger partial charge in [-0.3, -0.25) is 4.79 Å². The number of hydrogen-bond acceptors (Lipinski definition) is 5. The van der Waals surface area contributed by atoms with E-state index in [9.17, 15) is 4.79 Å². The topological polar surface area (TPSA) is 51.5 Å². The summed E-state index contributed by atoms with van der Waals surface area (Å²) in [7, 11) is 1.41. The van der Waals surface area contributed by atoms with Crippen molar-refractivity contribution >= 4 is 17.7 Å². The van der Waals surface area contributed by atoms with E-state index in [0.29, 0.717) is 5.75 Å². The van der Waals surface area contributed by atoms with Crippen molar-refractivity contribution in [3.8, 4) is 0 Å². The number of esters is 1. The Hall–Kier alpha value is -0.940. The number of methoxy groups -OCH3 is 1. The fourth-order valence-corrected chi connectivity index (χ4v) is 2.41. The van der Waals surface area contributed by atoms with Crippen LogP contribution in [0.4, 0.5) is 0 Å². The van der Waals surface area contributed by atoms with E-state index in [-0.39, 0.29) is 18.1 Å². The van der Waals surface area contributed by atoms with Crippen molar-refractivity contribution in [3.63, 3.8) is 0 Å². The average Bonchev–Trinajstić information content (AvgIpc) is 2.68. The molecule has 1 aromatic rings.